The van der Waals surface area contributed by atoms with E-state index in [4.69, 9.17) is 9.47 Å². The van der Waals surface area contributed by atoms with Crippen molar-refractivity contribution in [2.45, 2.75) is 32.9 Å². The maximum absolute atomic E-state index is 12.5. The van der Waals surface area contributed by atoms with Gasteiger partial charge in [0.25, 0.3) is 5.91 Å². The molecule has 2 N–H and O–H groups in total. The number of methoxy groups -OCH3 is 2. The summed E-state index contributed by atoms with van der Waals surface area (Å²) in [6.45, 7) is 0.542. The highest BCUT2D eigenvalue weighted by Crippen LogP contribution is 2.39. The number of carboxylic acid groups (broad SMARTS) is 1. The van der Waals surface area contributed by atoms with Crippen LogP contribution in [-0.2, 0) is 4.79 Å². The highest BCUT2D eigenvalue weighted by molar-refractivity contribution is 5.97. The van der Waals surface area contributed by atoms with Gasteiger partial charge in [0.1, 0.15) is 6.04 Å². The van der Waals surface area contributed by atoms with Crippen LogP contribution in [0.5, 0.6) is 17.2 Å². The Hall–Kier alpha value is -2.58. The highest BCUT2D eigenvalue weighted by Gasteiger charge is 2.24. The Morgan fingerprint density at radius 2 is 1.68 bits per heavy atom. The summed E-state index contributed by atoms with van der Waals surface area (Å²) in [7, 11) is 2.43. The van der Waals surface area contributed by atoms with Crippen molar-refractivity contribution < 1.29 is 37.7 Å². The minimum Gasteiger partial charge on any atom is -0.493 e. The summed E-state index contributed by atoms with van der Waals surface area (Å²) in [5.41, 5.74) is -0.00896. The van der Waals surface area contributed by atoms with Crippen molar-refractivity contribution in [3.63, 3.8) is 0 Å². The molecule has 25 heavy (non-hydrogen) atoms. The first-order valence-corrected chi connectivity index (χ1v) is 7.44. The van der Waals surface area contributed by atoms with E-state index in [0.717, 1.165) is 0 Å². The molecule has 1 aromatic rings. The maximum atomic E-state index is 12.5. The molecule has 0 fully saturated rings. The van der Waals surface area contributed by atoms with Crippen LogP contribution in [0.2, 0.25) is 0 Å². The Labute approximate surface area is 143 Å². The number of carbonyl (C=O) groups excluding carboxylic acids is 1. The minimum atomic E-state index is -3.11. The summed E-state index contributed by atoms with van der Waals surface area (Å²) < 4.78 is 39.3. The molecule has 0 aliphatic carbocycles. The molecule has 0 aliphatic heterocycles. The van der Waals surface area contributed by atoms with Gasteiger partial charge < -0.3 is 24.6 Å². The topological polar surface area (TPSA) is 94.1 Å². The van der Waals surface area contributed by atoms with Crippen LogP contribution in [0.4, 0.5) is 8.78 Å². The quantitative estimate of drug-likeness (QED) is 0.702. The number of nitrogens with one attached hydrogen (secondary N) is 1. The van der Waals surface area contributed by atoms with Crippen molar-refractivity contribution in [1.29, 1.82) is 0 Å². The zero-order valence-corrected chi connectivity index (χ0v) is 14.3. The average molecular weight is 361 g/mol. The fraction of sp³-hybridized carbons (Fsp3) is 0.500. The molecular weight excluding hydrogens is 340 g/mol. The largest absolute Gasteiger partial charge is 0.493 e. The van der Waals surface area contributed by atoms with E-state index in [1.54, 1.807) is 0 Å². The SMILES string of the molecule is COc1cc(C(=O)N[C@H](CC(C)C)C(=O)O)cc(OC)c1OC(F)F. The second-order valence-electron chi connectivity index (χ2n) is 5.58. The fourth-order valence-electron chi connectivity index (χ4n) is 2.15. The van der Waals surface area contributed by atoms with Crippen LogP contribution in [0.15, 0.2) is 12.1 Å². The zero-order chi connectivity index (χ0) is 19.1. The molecule has 0 aromatic heterocycles. The normalized spacial score (nSPS) is 12.0. The Bertz CT molecular complexity index is 596. The van der Waals surface area contributed by atoms with Gasteiger partial charge in [-0.05, 0) is 24.5 Å². The summed E-state index contributed by atoms with van der Waals surface area (Å²) in [6.07, 6.45) is 0.238. The molecule has 1 rings (SSSR count). The van der Waals surface area contributed by atoms with E-state index in [-0.39, 0.29) is 35.2 Å². The number of ether oxygens (including phenoxy) is 3. The molecule has 9 heteroatoms. The summed E-state index contributed by atoms with van der Waals surface area (Å²) in [6, 6.07) is 1.26. The molecule has 1 atom stereocenters. The summed E-state index contributed by atoms with van der Waals surface area (Å²) in [5, 5.41) is 11.6. The summed E-state index contributed by atoms with van der Waals surface area (Å²) in [4.78, 5) is 23.6. The first-order chi connectivity index (χ1) is 11.7. The molecule has 140 valence electrons. The molecule has 0 spiro atoms. The van der Waals surface area contributed by atoms with Gasteiger partial charge in [0.15, 0.2) is 11.5 Å². The van der Waals surface area contributed by atoms with Gasteiger partial charge in [0.05, 0.1) is 14.2 Å². The minimum absolute atomic E-state index is 0.00896. The zero-order valence-electron chi connectivity index (χ0n) is 14.3. The number of halogens is 2. The molecule has 1 aromatic carbocycles. The smallest absolute Gasteiger partial charge is 0.387 e. The number of carbonyl (C=O) groups is 2. The standard InChI is InChI=1S/C16H21F2NO6/c1-8(2)5-10(15(21)22)19-14(20)9-6-11(23-3)13(25-16(17)18)12(7-9)24-4/h6-8,10,16H,5H2,1-4H3,(H,19,20)(H,21,22)/t10-/m1/s1. The van der Waals surface area contributed by atoms with Crippen molar-refractivity contribution in [3.05, 3.63) is 17.7 Å². The van der Waals surface area contributed by atoms with Gasteiger partial charge in [0, 0.05) is 5.56 Å². The van der Waals surface area contributed by atoms with E-state index in [0.29, 0.717) is 0 Å². The van der Waals surface area contributed by atoms with E-state index in [2.05, 4.69) is 10.1 Å². The number of benzene rings is 1. The lowest BCUT2D eigenvalue weighted by atomic mass is 10.0. The first-order valence-electron chi connectivity index (χ1n) is 7.44. The van der Waals surface area contributed by atoms with Crippen LogP contribution in [0.25, 0.3) is 0 Å². The molecule has 0 saturated carbocycles. The summed E-state index contributed by atoms with van der Waals surface area (Å²) >= 11 is 0. The summed E-state index contributed by atoms with van der Waals surface area (Å²) in [5.74, 6) is -2.45. The van der Waals surface area contributed by atoms with Crippen LogP contribution in [0.3, 0.4) is 0 Å². The van der Waals surface area contributed by atoms with Gasteiger partial charge in [-0.15, -0.1) is 0 Å². The van der Waals surface area contributed by atoms with Crippen molar-refractivity contribution in [1.82, 2.24) is 5.32 Å². The van der Waals surface area contributed by atoms with Gasteiger partial charge in [-0.1, -0.05) is 13.8 Å². The Kier molecular flexibility index (Phi) is 7.41. The monoisotopic (exact) mass is 361 g/mol. The van der Waals surface area contributed by atoms with E-state index in [1.165, 1.54) is 26.4 Å². The second kappa shape index (κ2) is 9.05. The second-order valence-corrected chi connectivity index (χ2v) is 5.58. The van der Waals surface area contributed by atoms with Crippen LogP contribution < -0.4 is 19.5 Å². The molecular formula is C16H21F2NO6. The third-order valence-corrected chi connectivity index (χ3v) is 3.24. The van der Waals surface area contributed by atoms with E-state index in [9.17, 15) is 23.5 Å². The lowest BCUT2D eigenvalue weighted by molar-refractivity contribution is -0.139. The van der Waals surface area contributed by atoms with Crippen LogP contribution in [0, 0.1) is 5.92 Å². The number of alkyl halides is 2. The number of rotatable bonds is 9. The molecule has 7 nitrogen and oxygen atoms in total. The lowest BCUT2D eigenvalue weighted by Gasteiger charge is -2.18. The van der Waals surface area contributed by atoms with Gasteiger partial charge >= 0.3 is 12.6 Å². The number of amides is 1. The van der Waals surface area contributed by atoms with Crippen LogP contribution in [0.1, 0.15) is 30.6 Å². The molecule has 0 heterocycles. The third-order valence-electron chi connectivity index (χ3n) is 3.24. The maximum Gasteiger partial charge on any atom is 0.387 e. The predicted octanol–water partition coefficient (Wildman–Crippen LogP) is 2.53. The number of aliphatic carboxylic acids is 1. The Morgan fingerprint density at radius 3 is 2.04 bits per heavy atom. The van der Waals surface area contributed by atoms with E-state index in [1.807, 2.05) is 13.8 Å². The average Bonchev–Trinajstić information content (AvgIpc) is 2.53. The molecule has 1 amide bonds. The van der Waals surface area contributed by atoms with Crippen molar-refractivity contribution in [2.24, 2.45) is 5.92 Å². The van der Waals surface area contributed by atoms with Gasteiger partial charge in [-0.3, -0.25) is 4.79 Å². The fourth-order valence-corrected chi connectivity index (χ4v) is 2.15. The Morgan fingerprint density at radius 1 is 1.16 bits per heavy atom. The van der Waals surface area contributed by atoms with Crippen LogP contribution >= 0.6 is 0 Å². The molecule has 0 aliphatic rings. The van der Waals surface area contributed by atoms with Gasteiger partial charge in [-0.2, -0.15) is 8.78 Å². The lowest BCUT2D eigenvalue weighted by Crippen LogP contribution is -2.41. The Balaban J connectivity index is 3.15. The first kappa shape index (κ1) is 20.5. The van der Waals surface area contributed by atoms with Crippen LogP contribution in [-0.4, -0.2) is 43.9 Å². The van der Waals surface area contributed by atoms with Crippen molar-refractivity contribution >= 4 is 11.9 Å². The number of hydrogen-bond acceptors (Lipinski definition) is 5. The molecule has 0 bridgehead atoms. The molecule has 0 saturated heterocycles. The highest BCUT2D eigenvalue weighted by atomic mass is 19.3. The van der Waals surface area contributed by atoms with E-state index >= 15 is 0 Å². The van der Waals surface area contributed by atoms with Gasteiger partial charge in [0.2, 0.25) is 5.75 Å². The molecule has 0 unspecified atom stereocenters. The van der Waals surface area contributed by atoms with Crippen molar-refractivity contribution in [2.75, 3.05) is 14.2 Å². The van der Waals surface area contributed by atoms with E-state index < -0.39 is 24.5 Å². The molecule has 0 radical (unpaired) electrons. The number of hydrogen-bond donors (Lipinski definition) is 2. The number of carboxylic acids is 1. The van der Waals surface area contributed by atoms with Gasteiger partial charge in [-0.25, -0.2) is 4.79 Å². The third kappa shape index (κ3) is 5.77. The predicted molar refractivity (Wildman–Crippen MR) is 84.5 cm³/mol. The van der Waals surface area contributed by atoms with Crippen molar-refractivity contribution in [3.8, 4) is 17.2 Å².